The standard InChI is InChI=1S/C21H28N2O2/c1-16-6-5-7-17(14-16)15-23-20(24)22-12-13-25-19-10-8-18(9-11-19)21(2,3)4/h5-11,14H,12-13,15H2,1-4H3,(H2,22,23,24). The van der Waals surface area contributed by atoms with Gasteiger partial charge in [0.1, 0.15) is 12.4 Å². The molecule has 0 fully saturated rings. The van der Waals surface area contributed by atoms with Gasteiger partial charge in [0, 0.05) is 6.54 Å². The molecule has 4 heteroatoms. The van der Waals surface area contributed by atoms with E-state index in [1.54, 1.807) is 0 Å². The predicted molar refractivity (Wildman–Crippen MR) is 102 cm³/mol. The number of nitrogens with one attached hydrogen (secondary N) is 2. The zero-order valence-electron chi connectivity index (χ0n) is 15.6. The molecule has 2 amide bonds. The SMILES string of the molecule is Cc1cccc(CNC(=O)NCCOc2ccc(C(C)(C)C)cc2)c1. The number of benzene rings is 2. The van der Waals surface area contributed by atoms with Gasteiger partial charge in [0.25, 0.3) is 0 Å². The Morgan fingerprint density at radius 2 is 1.76 bits per heavy atom. The van der Waals surface area contributed by atoms with E-state index in [4.69, 9.17) is 4.74 Å². The van der Waals surface area contributed by atoms with Crippen LogP contribution in [0.2, 0.25) is 0 Å². The second kappa shape index (κ2) is 8.56. The maximum Gasteiger partial charge on any atom is 0.315 e. The first kappa shape index (κ1) is 18.8. The van der Waals surface area contributed by atoms with Gasteiger partial charge in [-0.05, 0) is 35.6 Å². The maximum atomic E-state index is 11.8. The molecule has 0 aromatic heterocycles. The Bertz CT molecular complexity index is 688. The van der Waals surface area contributed by atoms with Crippen LogP contribution in [0.15, 0.2) is 48.5 Å². The first-order valence-corrected chi connectivity index (χ1v) is 8.65. The van der Waals surface area contributed by atoms with E-state index >= 15 is 0 Å². The van der Waals surface area contributed by atoms with Gasteiger partial charge < -0.3 is 15.4 Å². The minimum atomic E-state index is -0.187. The Kier molecular flexibility index (Phi) is 6.45. The molecule has 0 saturated heterocycles. The third kappa shape index (κ3) is 6.49. The van der Waals surface area contributed by atoms with Crippen molar-refractivity contribution in [3.63, 3.8) is 0 Å². The first-order chi connectivity index (χ1) is 11.8. The fraction of sp³-hybridized carbons (Fsp3) is 0.381. The summed E-state index contributed by atoms with van der Waals surface area (Å²) in [5, 5.41) is 5.64. The molecule has 2 aromatic carbocycles. The summed E-state index contributed by atoms with van der Waals surface area (Å²) in [5.74, 6) is 0.815. The monoisotopic (exact) mass is 340 g/mol. The Labute approximate surface area is 150 Å². The molecule has 0 bridgehead atoms. The molecule has 0 atom stereocenters. The van der Waals surface area contributed by atoms with Gasteiger partial charge in [0.05, 0.1) is 6.54 Å². The number of rotatable bonds is 6. The van der Waals surface area contributed by atoms with Crippen LogP contribution in [0.5, 0.6) is 5.75 Å². The molecule has 0 unspecified atom stereocenters. The summed E-state index contributed by atoms with van der Waals surface area (Å²) in [6.07, 6.45) is 0. The van der Waals surface area contributed by atoms with Gasteiger partial charge in [-0.1, -0.05) is 62.7 Å². The molecular formula is C21H28N2O2. The third-order valence-electron chi connectivity index (χ3n) is 3.91. The summed E-state index contributed by atoms with van der Waals surface area (Å²) in [4.78, 5) is 11.8. The topological polar surface area (TPSA) is 50.4 Å². The van der Waals surface area contributed by atoms with Crippen molar-refractivity contribution in [1.82, 2.24) is 10.6 Å². The highest BCUT2D eigenvalue weighted by atomic mass is 16.5. The summed E-state index contributed by atoms with van der Waals surface area (Å²) in [6.45, 7) is 10.00. The van der Waals surface area contributed by atoms with Crippen LogP contribution < -0.4 is 15.4 Å². The van der Waals surface area contributed by atoms with Crippen molar-refractivity contribution in [2.75, 3.05) is 13.2 Å². The molecule has 0 radical (unpaired) electrons. The molecule has 0 aliphatic heterocycles. The van der Waals surface area contributed by atoms with E-state index in [1.165, 1.54) is 11.1 Å². The second-order valence-corrected chi connectivity index (χ2v) is 7.22. The molecule has 2 N–H and O–H groups in total. The highest BCUT2D eigenvalue weighted by molar-refractivity contribution is 5.73. The van der Waals surface area contributed by atoms with Crippen molar-refractivity contribution < 1.29 is 9.53 Å². The average molecular weight is 340 g/mol. The van der Waals surface area contributed by atoms with Crippen LogP contribution in [0, 0.1) is 6.92 Å². The molecule has 0 heterocycles. The Morgan fingerprint density at radius 3 is 2.40 bits per heavy atom. The van der Waals surface area contributed by atoms with Crippen LogP contribution in [-0.4, -0.2) is 19.2 Å². The molecule has 0 aliphatic carbocycles. The van der Waals surface area contributed by atoms with E-state index < -0.39 is 0 Å². The molecule has 0 aliphatic rings. The molecule has 0 saturated carbocycles. The largest absolute Gasteiger partial charge is 0.492 e. The summed E-state index contributed by atoms with van der Waals surface area (Å²) >= 11 is 0. The zero-order chi connectivity index (χ0) is 18.3. The van der Waals surface area contributed by atoms with Crippen LogP contribution in [0.3, 0.4) is 0 Å². The smallest absolute Gasteiger partial charge is 0.315 e. The minimum Gasteiger partial charge on any atom is -0.492 e. The van der Waals surface area contributed by atoms with Crippen molar-refractivity contribution in [1.29, 1.82) is 0 Å². The molecule has 2 aromatic rings. The number of carbonyl (C=O) groups excluding carboxylic acids is 1. The van der Waals surface area contributed by atoms with Crippen LogP contribution in [0.1, 0.15) is 37.5 Å². The predicted octanol–water partition coefficient (Wildman–Crippen LogP) is 4.17. The Morgan fingerprint density at radius 1 is 1.04 bits per heavy atom. The summed E-state index contributed by atoms with van der Waals surface area (Å²) in [5.41, 5.74) is 3.68. The molecule has 25 heavy (non-hydrogen) atoms. The van der Waals surface area contributed by atoms with Crippen LogP contribution in [0.4, 0.5) is 4.79 Å². The van der Waals surface area contributed by atoms with Gasteiger partial charge in [-0.3, -0.25) is 0 Å². The quantitative estimate of drug-likeness (QED) is 0.776. The lowest BCUT2D eigenvalue weighted by Crippen LogP contribution is -2.37. The highest BCUT2D eigenvalue weighted by Crippen LogP contribution is 2.24. The molecular weight excluding hydrogens is 312 g/mol. The second-order valence-electron chi connectivity index (χ2n) is 7.22. The lowest BCUT2D eigenvalue weighted by molar-refractivity contribution is 0.236. The van der Waals surface area contributed by atoms with Crippen molar-refractivity contribution >= 4 is 6.03 Å². The number of hydrogen-bond acceptors (Lipinski definition) is 2. The van der Waals surface area contributed by atoms with Crippen LogP contribution >= 0.6 is 0 Å². The van der Waals surface area contributed by atoms with E-state index in [9.17, 15) is 4.79 Å². The maximum absolute atomic E-state index is 11.8. The van der Waals surface area contributed by atoms with E-state index in [0.29, 0.717) is 19.7 Å². The first-order valence-electron chi connectivity index (χ1n) is 8.65. The van der Waals surface area contributed by atoms with Gasteiger partial charge in [0.2, 0.25) is 0 Å². The summed E-state index contributed by atoms with van der Waals surface area (Å²) in [6, 6.07) is 16.0. The van der Waals surface area contributed by atoms with E-state index in [2.05, 4.69) is 49.6 Å². The van der Waals surface area contributed by atoms with Crippen molar-refractivity contribution in [3.05, 3.63) is 65.2 Å². The third-order valence-corrected chi connectivity index (χ3v) is 3.91. The number of aryl methyl sites for hydroxylation is 1. The fourth-order valence-corrected chi connectivity index (χ4v) is 2.45. The normalized spacial score (nSPS) is 11.0. The van der Waals surface area contributed by atoms with E-state index in [1.807, 2.05) is 37.3 Å². The van der Waals surface area contributed by atoms with E-state index in [0.717, 1.165) is 11.3 Å². The minimum absolute atomic E-state index is 0.134. The zero-order valence-corrected chi connectivity index (χ0v) is 15.6. The molecule has 134 valence electrons. The average Bonchev–Trinajstić information content (AvgIpc) is 2.57. The lowest BCUT2D eigenvalue weighted by Gasteiger charge is -2.19. The highest BCUT2D eigenvalue weighted by Gasteiger charge is 2.12. The number of hydrogen-bond donors (Lipinski definition) is 2. The lowest BCUT2D eigenvalue weighted by atomic mass is 9.87. The van der Waals surface area contributed by atoms with Crippen molar-refractivity contribution in [2.45, 2.75) is 39.7 Å². The molecule has 4 nitrogen and oxygen atoms in total. The Balaban J connectivity index is 1.66. The fourth-order valence-electron chi connectivity index (χ4n) is 2.45. The molecule has 2 rings (SSSR count). The number of carbonyl (C=O) groups is 1. The van der Waals surface area contributed by atoms with E-state index in [-0.39, 0.29) is 11.4 Å². The van der Waals surface area contributed by atoms with Crippen LogP contribution in [0.25, 0.3) is 0 Å². The van der Waals surface area contributed by atoms with Crippen molar-refractivity contribution in [3.8, 4) is 5.75 Å². The number of amides is 2. The van der Waals surface area contributed by atoms with Crippen LogP contribution in [-0.2, 0) is 12.0 Å². The van der Waals surface area contributed by atoms with Gasteiger partial charge >= 0.3 is 6.03 Å². The number of urea groups is 1. The van der Waals surface area contributed by atoms with Gasteiger partial charge in [-0.15, -0.1) is 0 Å². The summed E-state index contributed by atoms with van der Waals surface area (Å²) < 4.78 is 5.66. The Hall–Kier alpha value is -2.49. The van der Waals surface area contributed by atoms with Gasteiger partial charge in [-0.25, -0.2) is 4.79 Å². The molecule has 0 spiro atoms. The summed E-state index contributed by atoms with van der Waals surface area (Å²) in [7, 11) is 0. The van der Waals surface area contributed by atoms with Crippen molar-refractivity contribution in [2.24, 2.45) is 0 Å². The van der Waals surface area contributed by atoms with Gasteiger partial charge in [0.15, 0.2) is 0 Å². The number of ether oxygens (including phenoxy) is 1. The van der Waals surface area contributed by atoms with Gasteiger partial charge in [-0.2, -0.15) is 0 Å².